The summed E-state index contributed by atoms with van der Waals surface area (Å²) >= 11 is 5.39. The van der Waals surface area contributed by atoms with Crippen molar-refractivity contribution in [1.82, 2.24) is 0 Å². The monoisotopic (exact) mass is 232 g/mol. The number of hydrogen-bond donors (Lipinski definition) is 0. The summed E-state index contributed by atoms with van der Waals surface area (Å²) in [6, 6.07) is 10.5. The Bertz CT molecular complexity index is 534. The first kappa shape index (κ1) is 10.8. The molecule has 0 saturated heterocycles. The van der Waals surface area contributed by atoms with E-state index < -0.39 is 5.24 Å². The van der Waals surface area contributed by atoms with Crippen LogP contribution in [-0.4, -0.2) is 11.0 Å². The quantitative estimate of drug-likeness (QED) is 0.587. The van der Waals surface area contributed by atoms with Gasteiger partial charge in [0.05, 0.1) is 0 Å². The number of carbonyl (C=O) groups is 2. The highest BCUT2D eigenvalue weighted by Gasteiger charge is 2.04. The molecular weight excluding hydrogens is 224 g/mol. The number of rotatable bonds is 2. The summed E-state index contributed by atoms with van der Waals surface area (Å²) in [7, 11) is 0. The van der Waals surface area contributed by atoms with Crippen LogP contribution in [0.15, 0.2) is 36.4 Å². The van der Waals surface area contributed by atoms with E-state index in [0.717, 1.165) is 10.8 Å². The topological polar surface area (TPSA) is 34.1 Å². The van der Waals surface area contributed by atoms with E-state index in [4.69, 9.17) is 11.6 Å². The molecule has 80 valence electrons. The minimum Gasteiger partial charge on any atom is -0.295 e. The van der Waals surface area contributed by atoms with Gasteiger partial charge in [-0.05, 0) is 47.5 Å². The van der Waals surface area contributed by atoms with Crippen molar-refractivity contribution >= 4 is 33.4 Å². The maximum Gasteiger partial charge on any atom is 0.252 e. The van der Waals surface area contributed by atoms with Crippen LogP contribution in [0.2, 0.25) is 0 Å². The highest BCUT2D eigenvalue weighted by atomic mass is 35.5. The lowest BCUT2D eigenvalue weighted by Crippen LogP contribution is -1.92. The SMILES string of the molecule is CC(=O)c1ccc2cc(C(=O)Cl)ccc2c1. The van der Waals surface area contributed by atoms with E-state index in [2.05, 4.69) is 0 Å². The van der Waals surface area contributed by atoms with Crippen molar-refractivity contribution < 1.29 is 9.59 Å². The molecule has 0 spiro atoms. The van der Waals surface area contributed by atoms with Gasteiger partial charge in [0.1, 0.15) is 0 Å². The maximum absolute atomic E-state index is 11.2. The molecule has 0 aromatic heterocycles. The average molecular weight is 233 g/mol. The van der Waals surface area contributed by atoms with Gasteiger partial charge in [-0.2, -0.15) is 0 Å². The van der Waals surface area contributed by atoms with Crippen molar-refractivity contribution in [3.63, 3.8) is 0 Å². The van der Waals surface area contributed by atoms with Gasteiger partial charge in [-0.3, -0.25) is 9.59 Å². The van der Waals surface area contributed by atoms with E-state index in [1.54, 1.807) is 30.3 Å². The van der Waals surface area contributed by atoms with E-state index in [1.165, 1.54) is 6.92 Å². The van der Waals surface area contributed by atoms with Crippen LogP contribution in [0.1, 0.15) is 27.6 Å². The highest BCUT2D eigenvalue weighted by Crippen LogP contribution is 2.19. The minimum absolute atomic E-state index is 0.0272. The average Bonchev–Trinajstić information content (AvgIpc) is 2.27. The zero-order chi connectivity index (χ0) is 11.7. The van der Waals surface area contributed by atoms with Gasteiger partial charge in [0.2, 0.25) is 0 Å². The Morgan fingerprint density at radius 2 is 1.44 bits per heavy atom. The molecule has 0 radical (unpaired) electrons. The molecule has 0 heterocycles. The zero-order valence-corrected chi connectivity index (χ0v) is 9.41. The van der Waals surface area contributed by atoms with Crippen LogP contribution >= 0.6 is 11.6 Å². The van der Waals surface area contributed by atoms with Gasteiger partial charge in [0.15, 0.2) is 5.78 Å². The molecular formula is C13H9ClO2. The van der Waals surface area contributed by atoms with Gasteiger partial charge >= 0.3 is 0 Å². The third-order valence-corrected chi connectivity index (χ3v) is 2.69. The molecule has 2 nitrogen and oxygen atoms in total. The van der Waals surface area contributed by atoms with Crippen molar-refractivity contribution in [1.29, 1.82) is 0 Å². The van der Waals surface area contributed by atoms with Crippen molar-refractivity contribution in [2.24, 2.45) is 0 Å². The number of carbonyl (C=O) groups excluding carboxylic acids is 2. The largest absolute Gasteiger partial charge is 0.295 e. The number of benzene rings is 2. The smallest absolute Gasteiger partial charge is 0.252 e. The zero-order valence-electron chi connectivity index (χ0n) is 8.66. The molecule has 3 heteroatoms. The molecule has 0 aliphatic heterocycles. The van der Waals surface area contributed by atoms with Gasteiger partial charge in [-0.1, -0.05) is 18.2 Å². The fourth-order valence-corrected chi connectivity index (χ4v) is 1.70. The second kappa shape index (κ2) is 4.06. The highest BCUT2D eigenvalue weighted by molar-refractivity contribution is 6.67. The molecule has 0 unspecified atom stereocenters. The van der Waals surface area contributed by atoms with Crippen LogP contribution in [0, 0.1) is 0 Å². The molecule has 0 N–H and O–H groups in total. The molecule has 0 aliphatic rings. The van der Waals surface area contributed by atoms with Crippen LogP contribution < -0.4 is 0 Å². The lowest BCUT2D eigenvalue weighted by molar-refractivity contribution is 0.101. The Labute approximate surface area is 97.8 Å². The number of Topliss-reactive ketones (excluding diaryl/α,β-unsaturated/α-hetero) is 1. The lowest BCUT2D eigenvalue weighted by atomic mass is 10.0. The van der Waals surface area contributed by atoms with Crippen molar-refractivity contribution in [3.05, 3.63) is 47.5 Å². The number of hydrogen-bond acceptors (Lipinski definition) is 2. The summed E-state index contributed by atoms with van der Waals surface area (Å²) in [6.07, 6.45) is 0. The van der Waals surface area contributed by atoms with Crippen molar-refractivity contribution in [2.75, 3.05) is 0 Å². The van der Waals surface area contributed by atoms with Gasteiger partial charge in [-0.25, -0.2) is 0 Å². The van der Waals surface area contributed by atoms with Gasteiger partial charge in [-0.15, -0.1) is 0 Å². The van der Waals surface area contributed by atoms with Gasteiger partial charge < -0.3 is 0 Å². The first-order chi connectivity index (χ1) is 7.58. The lowest BCUT2D eigenvalue weighted by Gasteiger charge is -2.02. The van der Waals surface area contributed by atoms with Crippen LogP contribution in [0.5, 0.6) is 0 Å². The molecule has 0 saturated carbocycles. The molecule has 16 heavy (non-hydrogen) atoms. The van der Waals surface area contributed by atoms with Crippen LogP contribution in [-0.2, 0) is 0 Å². The minimum atomic E-state index is -0.474. The molecule has 0 atom stereocenters. The Morgan fingerprint density at radius 1 is 0.938 bits per heavy atom. The van der Waals surface area contributed by atoms with Crippen LogP contribution in [0.3, 0.4) is 0 Å². The molecule has 2 rings (SSSR count). The second-order valence-corrected chi connectivity index (χ2v) is 3.95. The predicted molar refractivity (Wildman–Crippen MR) is 64.1 cm³/mol. The summed E-state index contributed by atoms with van der Waals surface area (Å²) in [6.45, 7) is 1.53. The van der Waals surface area contributed by atoms with Crippen molar-refractivity contribution in [3.8, 4) is 0 Å². The molecule has 0 amide bonds. The maximum atomic E-state index is 11.2. The first-order valence-electron chi connectivity index (χ1n) is 4.82. The predicted octanol–water partition coefficient (Wildman–Crippen LogP) is 3.42. The summed E-state index contributed by atoms with van der Waals surface area (Å²) < 4.78 is 0. The number of ketones is 1. The summed E-state index contributed by atoms with van der Waals surface area (Å²) in [5.41, 5.74) is 1.13. The third-order valence-electron chi connectivity index (χ3n) is 2.47. The standard InChI is InChI=1S/C13H9ClO2/c1-8(15)9-2-3-11-7-12(13(14)16)5-4-10(11)6-9/h2-7H,1H3. The Hall–Kier alpha value is -1.67. The summed E-state index contributed by atoms with van der Waals surface area (Å²) in [5, 5.41) is 1.35. The molecule has 0 aliphatic carbocycles. The Morgan fingerprint density at radius 3 is 1.94 bits per heavy atom. The molecule has 0 fully saturated rings. The number of halogens is 1. The first-order valence-corrected chi connectivity index (χ1v) is 5.20. The van der Waals surface area contributed by atoms with Crippen molar-refractivity contribution in [2.45, 2.75) is 6.92 Å². The Balaban J connectivity index is 2.61. The van der Waals surface area contributed by atoms with Gasteiger partial charge in [0.25, 0.3) is 5.24 Å². The Kier molecular flexibility index (Phi) is 2.75. The van der Waals surface area contributed by atoms with E-state index in [1.807, 2.05) is 6.07 Å². The van der Waals surface area contributed by atoms with E-state index >= 15 is 0 Å². The summed E-state index contributed by atoms with van der Waals surface area (Å²) in [4.78, 5) is 22.2. The van der Waals surface area contributed by atoms with Crippen LogP contribution in [0.25, 0.3) is 10.8 Å². The van der Waals surface area contributed by atoms with Crippen LogP contribution in [0.4, 0.5) is 0 Å². The van der Waals surface area contributed by atoms with E-state index in [-0.39, 0.29) is 5.78 Å². The second-order valence-electron chi connectivity index (χ2n) is 3.61. The normalized spacial score (nSPS) is 10.4. The number of fused-ring (bicyclic) bond motifs is 1. The molecule has 2 aromatic rings. The molecule has 0 bridgehead atoms. The van der Waals surface area contributed by atoms with Gasteiger partial charge in [0, 0.05) is 11.1 Å². The fraction of sp³-hybridized carbons (Fsp3) is 0.0769. The van der Waals surface area contributed by atoms with E-state index in [0.29, 0.717) is 11.1 Å². The summed E-state index contributed by atoms with van der Waals surface area (Å²) in [5.74, 6) is 0.0272. The fourth-order valence-electron chi connectivity index (χ4n) is 1.59. The third kappa shape index (κ3) is 1.97. The molecule has 2 aromatic carbocycles. The van der Waals surface area contributed by atoms with E-state index in [9.17, 15) is 9.59 Å².